The molecule has 2 rings (SSSR count). The maximum absolute atomic E-state index is 12.7. The monoisotopic (exact) mass is 472 g/mol. The number of hydroxylamine groups is 1. The average molecular weight is 473 g/mol. The Labute approximate surface area is 192 Å². The van der Waals surface area contributed by atoms with Crippen LogP contribution in [0.15, 0.2) is 18.2 Å². The van der Waals surface area contributed by atoms with E-state index < -0.39 is 11.9 Å². The summed E-state index contributed by atoms with van der Waals surface area (Å²) in [5, 5.41) is 14.9. The van der Waals surface area contributed by atoms with Gasteiger partial charge in [-0.05, 0) is 36.5 Å². The van der Waals surface area contributed by atoms with Crippen molar-refractivity contribution >= 4 is 46.7 Å². The minimum atomic E-state index is -0.619. The molecule has 0 bridgehead atoms. The van der Waals surface area contributed by atoms with Gasteiger partial charge in [0.05, 0.1) is 10.0 Å². The highest BCUT2D eigenvalue weighted by atomic mass is 35.5. The van der Waals surface area contributed by atoms with E-state index >= 15 is 0 Å². The highest BCUT2D eigenvalue weighted by Gasteiger charge is 2.22. The van der Waals surface area contributed by atoms with Crippen LogP contribution in [0.25, 0.3) is 0 Å². The summed E-state index contributed by atoms with van der Waals surface area (Å²) in [4.78, 5) is 37.9. The standard InChI is InChI=1S/C21H30Cl2N4O4/c1-14(12-24-21(30)25-16-6-7-17(22)18(23)11-16)10-20(29)27(13-19(28)26-31)9-8-15-4-2-3-5-15/h6-7,11,14-15,31H,2-5,8-10,12-13H2,1H3,(H,26,28)(H2,24,25,30)/t14-/m0/s1. The van der Waals surface area contributed by atoms with Crippen LogP contribution in [-0.4, -0.2) is 47.6 Å². The lowest BCUT2D eigenvalue weighted by atomic mass is 10.0. The van der Waals surface area contributed by atoms with Crippen LogP contribution in [-0.2, 0) is 9.59 Å². The summed E-state index contributed by atoms with van der Waals surface area (Å²) in [6.07, 6.45) is 5.76. The second-order valence-corrected chi connectivity index (χ2v) is 8.88. The average Bonchev–Trinajstić information content (AvgIpc) is 3.25. The maximum atomic E-state index is 12.7. The van der Waals surface area contributed by atoms with Crippen molar-refractivity contribution in [2.75, 3.05) is 25.0 Å². The fourth-order valence-electron chi connectivity index (χ4n) is 3.65. The van der Waals surface area contributed by atoms with Crippen LogP contribution in [0.5, 0.6) is 0 Å². The Kier molecular flexibility index (Phi) is 10.4. The maximum Gasteiger partial charge on any atom is 0.319 e. The molecule has 0 aliphatic heterocycles. The number of anilines is 1. The largest absolute Gasteiger partial charge is 0.338 e. The van der Waals surface area contributed by atoms with Gasteiger partial charge in [0.2, 0.25) is 5.91 Å². The first kappa shape index (κ1) is 25.2. The number of rotatable bonds is 10. The van der Waals surface area contributed by atoms with Crippen LogP contribution in [0.3, 0.4) is 0 Å². The van der Waals surface area contributed by atoms with Crippen LogP contribution in [0, 0.1) is 11.8 Å². The summed E-state index contributed by atoms with van der Waals surface area (Å²) in [5.74, 6) is -0.359. The molecule has 1 aliphatic rings. The molecule has 1 aliphatic carbocycles. The van der Waals surface area contributed by atoms with Crippen molar-refractivity contribution in [1.29, 1.82) is 0 Å². The van der Waals surface area contributed by atoms with Crippen molar-refractivity contribution in [2.24, 2.45) is 11.8 Å². The molecular formula is C21H30Cl2N4O4. The quantitative estimate of drug-likeness (QED) is 0.304. The van der Waals surface area contributed by atoms with Gasteiger partial charge in [-0.2, -0.15) is 0 Å². The molecule has 0 unspecified atom stereocenters. The number of hydrogen-bond acceptors (Lipinski definition) is 4. The second-order valence-electron chi connectivity index (χ2n) is 8.06. The molecule has 0 spiro atoms. The van der Waals surface area contributed by atoms with E-state index in [2.05, 4.69) is 10.6 Å². The van der Waals surface area contributed by atoms with Gasteiger partial charge in [0.25, 0.3) is 5.91 Å². The van der Waals surface area contributed by atoms with Crippen molar-refractivity contribution in [3.05, 3.63) is 28.2 Å². The fourth-order valence-corrected chi connectivity index (χ4v) is 3.95. The van der Waals surface area contributed by atoms with Crippen LogP contribution in [0.4, 0.5) is 10.5 Å². The molecule has 4 N–H and O–H groups in total. The summed E-state index contributed by atoms with van der Waals surface area (Å²) in [6, 6.07) is 4.35. The van der Waals surface area contributed by atoms with Gasteiger partial charge in [-0.1, -0.05) is 55.8 Å². The van der Waals surface area contributed by atoms with Gasteiger partial charge in [-0.3, -0.25) is 14.8 Å². The van der Waals surface area contributed by atoms with E-state index in [0.717, 1.165) is 19.3 Å². The molecule has 0 heterocycles. The van der Waals surface area contributed by atoms with Gasteiger partial charge in [0, 0.05) is 25.2 Å². The number of hydrogen-bond donors (Lipinski definition) is 4. The first-order valence-corrected chi connectivity index (χ1v) is 11.2. The van der Waals surface area contributed by atoms with E-state index in [1.54, 1.807) is 23.7 Å². The molecule has 0 radical (unpaired) electrons. The third kappa shape index (κ3) is 8.93. The van der Waals surface area contributed by atoms with Gasteiger partial charge >= 0.3 is 6.03 Å². The summed E-state index contributed by atoms with van der Waals surface area (Å²) in [6.45, 7) is 2.43. The first-order chi connectivity index (χ1) is 14.8. The Morgan fingerprint density at radius 2 is 1.90 bits per heavy atom. The number of carbonyl (C=O) groups is 3. The SMILES string of the molecule is C[C@H](CNC(=O)Nc1ccc(Cl)c(Cl)c1)CC(=O)N(CCC1CCCC1)CC(=O)NO. The Hall–Kier alpha value is -2.03. The normalized spacial score (nSPS) is 14.7. The number of nitrogens with one attached hydrogen (secondary N) is 3. The van der Waals surface area contributed by atoms with Crippen LogP contribution >= 0.6 is 23.2 Å². The minimum absolute atomic E-state index is 0.141. The predicted octanol–water partition coefficient (Wildman–Crippen LogP) is 4.06. The first-order valence-electron chi connectivity index (χ1n) is 10.5. The highest BCUT2D eigenvalue weighted by Crippen LogP contribution is 2.28. The fraction of sp³-hybridized carbons (Fsp3) is 0.571. The third-order valence-corrected chi connectivity index (χ3v) is 6.14. The number of urea groups is 1. The molecule has 10 heteroatoms. The lowest BCUT2D eigenvalue weighted by Gasteiger charge is -2.25. The van der Waals surface area contributed by atoms with E-state index in [4.69, 9.17) is 28.4 Å². The number of halogens is 2. The zero-order valence-corrected chi connectivity index (χ0v) is 19.1. The summed E-state index contributed by atoms with van der Waals surface area (Å²) < 4.78 is 0. The molecule has 1 aromatic rings. The van der Waals surface area contributed by atoms with E-state index in [-0.39, 0.29) is 31.3 Å². The van der Waals surface area contributed by atoms with Crippen LogP contribution in [0.1, 0.15) is 45.4 Å². The molecule has 1 fully saturated rings. The molecule has 0 saturated heterocycles. The third-order valence-electron chi connectivity index (χ3n) is 5.41. The van der Waals surface area contributed by atoms with Gasteiger partial charge in [-0.15, -0.1) is 0 Å². The topological polar surface area (TPSA) is 111 Å². The molecule has 1 atom stereocenters. The summed E-state index contributed by atoms with van der Waals surface area (Å²) in [7, 11) is 0. The zero-order chi connectivity index (χ0) is 22.8. The number of nitrogens with zero attached hydrogens (tertiary/aromatic N) is 1. The Morgan fingerprint density at radius 1 is 1.19 bits per heavy atom. The Bertz CT molecular complexity index is 772. The highest BCUT2D eigenvalue weighted by molar-refractivity contribution is 6.42. The van der Waals surface area contributed by atoms with Gasteiger partial charge in [0.15, 0.2) is 0 Å². The Balaban J connectivity index is 1.80. The smallest absolute Gasteiger partial charge is 0.319 e. The molecule has 31 heavy (non-hydrogen) atoms. The van der Waals surface area contributed by atoms with Crippen molar-refractivity contribution in [3.8, 4) is 0 Å². The van der Waals surface area contributed by atoms with Crippen molar-refractivity contribution in [2.45, 2.75) is 45.4 Å². The van der Waals surface area contributed by atoms with E-state index in [1.165, 1.54) is 17.7 Å². The lowest BCUT2D eigenvalue weighted by molar-refractivity contribution is -0.140. The van der Waals surface area contributed by atoms with E-state index in [0.29, 0.717) is 28.2 Å². The second kappa shape index (κ2) is 12.7. The summed E-state index contributed by atoms with van der Waals surface area (Å²) in [5.41, 5.74) is 2.09. The van der Waals surface area contributed by atoms with Gasteiger partial charge < -0.3 is 15.5 Å². The number of benzene rings is 1. The molecule has 0 aromatic heterocycles. The lowest BCUT2D eigenvalue weighted by Crippen LogP contribution is -2.42. The molecule has 1 saturated carbocycles. The number of carbonyl (C=O) groups excluding carboxylic acids is 3. The van der Waals surface area contributed by atoms with Crippen LogP contribution in [0.2, 0.25) is 10.0 Å². The van der Waals surface area contributed by atoms with Gasteiger partial charge in [-0.25, -0.2) is 10.3 Å². The van der Waals surface area contributed by atoms with E-state index in [9.17, 15) is 14.4 Å². The molecule has 8 nitrogen and oxygen atoms in total. The predicted molar refractivity (Wildman–Crippen MR) is 120 cm³/mol. The molecule has 1 aromatic carbocycles. The molecule has 172 valence electrons. The van der Waals surface area contributed by atoms with E-state index in [1.807, 2.05) is 6.92 Å². The van der Waals surface area contributed by atoms with Gasteiger partial charge in [0.1, 0.15) is 6.54 Å². The van der Waals surface area contributed by atoms with Crippen molar-refractivity contribution < 1.29 is 19.6 Å². The molecule has 4 amide bonds. The zero-order valence-electron chi connectivity index (χ0n) is 17.6. The Morgan fingerprint density at radius 3 is 2.55 bits per heavy atom. The molecular weight excluding hydrogens is 443 g/mol. The summed E-state index contributed by atoms with van der Waals surface area (Å²) >= 11 is 11.8. The van der Waals surface area contributed by atoms with Crippen LogP contribution < -0.4 is 16.1 Å². The van der Waals surface area contributed by atoms with Crippen molar-refractivity contribution in [3.63, 3.8) is 0 Å². The number of amides is 4. The minimum Gasteiger partial charge on any atom is -0.338 e. The van der Waals surface area contributed by atoms with Crippen molar-refractivity contribution in [1.82, 2.24) is 15.7 Å².